The first-order valence-electron chi connectivity index (χ1n) is 5.45. The van der Waals surface area contributed by atoms with Crippen LogP contribution in [0.5, 0.6) is 0 Å². The predicted octanol–water partition coefficient (Wildman–Crippen LogP) is 3.56. The van der Waals surface area contributed by atoms with Crippen LogP contribution in [0.2, 0.25) is 0 Å². The molecule has 1 radical (unpaired) electrons. The van der Waals surface area contributed by atoms with Crippen molar-refractivity contribution in [2.45, 2.75) is 6.42 Å². The number of aromatic nitrogens is 1. The van der Waals surface area contributed by atoms with E-state index in [1.165, 1.54) is 5.56 Å². The van der Waals surface area contributed by atoms with Gasteiger partial charge in [0.2, 0.25) is 0 Å². The van der Waals surface area contributed by atoms with Crippen molar-refractivity contribution in [1.29, 1.82) is 0 Å². The molecular weight excluding hydrogens is 194 g/mol. The quantitative estimate of drug-likeness (QED) is 0.660. The van der Waals surface area contributed by atoms with Gasteiger partial charge < -0.3 is 4.98 Å². The molecule has 3 rings (SSSR count). The number of para-hydroxylation sites is 1. The monoisotopic (exact) mass is 206 g/mol. The first-order valence-corrected chi connectivity index (χ1v) is 5.45. The molecule has 0 saturated heterocycles. The fourth-order valence-electron chi connectivity index (χ4n) is 1.95. The Hall–Kier alpha value is -2.02. The molecule has 0 unspecified atom stereocenters. The highest BCUT2D eigenvalue weighted by molar-refractivity contribution is 5.79. The molecule has 1 N–H and O–H groups in total. The Bertz CT molecular complexity index is 560. The van der Waals surface area contributed by atoms with E-state index in [0.717, 1.165) is 23.0 Å². The average Bonchev–Trinajstić information content (AvgIpc) is 2.72. The molecule has 1 heterocycles. The molecule has 0 aliphatic heterocycles. The molecule has 0 atom stereocenters. The van der Waals surface area contributed by atoms with Gasteiger partial charge in [0, 0.05) is 29.1 Å². The molecule has 77 valence electrons. The van der Waals surface area contributed by atoms with Crippen LogP contribution in [0.15, 0.2) is 54.6 Å². The van der Waals surface area contributed by atoms with Gasteiger partial charge in [-0.1, -0.05) is 48.5 Å². The van der Waals surface area contributed by atoms with Crippen LogP contribution in [0.1, 0.15) is 11.3 Å². The summed E-state index contributed by atoms with van der Waals surface area (Å²) in [5.74, 6) is 0. The van der Waals surface area contributed by atoms with Gasteiger partial charge in [-0.15, -0.1) is 0 Å². The van der Waals surface area contributed by atoms with Crippen LogP contribution in [-0.4, -0.2) is 4.98 Å². The summed E-state index contributed by atoms with van der Waals surface area (Å²) in [5.41, 5.74) is 3.62. The van der Waals surface area contributed by atoms with Gasteiger partial charge in [0.25, 0.3) is 0 Å². The summed E-state index contributed by atoms with van der Waals surface area (Å²) in [6.07, 6.45) is 0.912. The summed E-state index contributed by atoms with van der Waals surface area (Å²) in [7, 11) is 0. The molecule has 0 aliphatic rings. The molecule has 0 spiro atoms. The van der Waals surface area contributed by atoms with Crippen molar-refractivity contribution in [3.63, 3.8) is 0 Å². The number of hydrogen-bond donors (Lipinski definition) is 1. The number of aromatic amines is 1. The molecule has 0 saturated carbocycles. The Kier molecular flexibility index (Phi) is 2.22. The van der Waals surface area contributed by atoms with E-state index < -0.39 is 0 Å². The lowest BCUT2D eigenvalue weighted by Crippen LogP contribution is -1.86. The van der Waals surface area contributed by atoms with Crippen LogP contribution in [-0.2, 0) is 6.42 Å². The van der Waals surface area contributed by atoms with Crippen LogP contribution in [0.25, 0.3) is 10.9 Å². The first kappa shape index (κ1) is 9.22. The molecule has 0 bridgehead atoms. The highest BCUT2D eigenvalue weighted by Gasteiger charge is 2.01. The zero-order chi connectivity index (χ0) is 10.8. The number of nitrogens with one attached hydrogen (secondary N) is 1. The maximum atomic E-state index is 3.39. The number of rotatable bonds is 2. The van der Waals surface area contributed by atoms with E-state index in [1.54, 1.807) is 0 Å². The number of fused-ring (bicyclic) bond motifs is 1. The van der Waals surface area contributed by atoms with E-state index in [9.17, 15) is 0 Å². The Balaban J connectivity index is 1.95. The van der Waals surface area contributed by atoms with E-state index in [-0.39, 0.29) is 0 Å². The van der Waals surface area contributed by atoms with Crippen molar-refractivity contribution in [3.8, 4) is 0 Å². The predicted molar refractivity (Wildman–Crippen MR) is 66.4 cm³/mol. The van der Waals surface area contributed by atoms with Gasteiger partial charge >= 0.3 is 0 Å². The molecular formula is C15H12N. The third-order valence-electron chi connectivity index (χ3n) is 2.72. The van der Waals surface area contributed by atoms with Crippen LogP contribution in [0.3, 0.4) is 0 Å². The second-order valence-corrected chi connectivity index (χ2v) is 3.94. The summed E-state index contributed by atoms with van der Waals surface area (Å²) < 4.78 is 0. The zero-order valence-corrected chi connectivity index (χ0v) is 8.90. The molecule has 0 amide bonds. The minimum atomic E-state index is 0.912. The summed E-state index contributed by atoms with van der Waals surface area (Å²) in [6.45, 7) is 0. The maximum Gasteiger partial charge on any atom is 0.0462 e. The summed E-state index contributed by atoms with van der Waals surface area (Å²) >= 11 is 0. The lowest BCUT2D eigenvalue weighted by molar-refractivity contribution is 1.12. The molecule has 16 heavy (non-hydrogen) atoms. The van der Waals surface area contributed by atoms with E-state index in [0.29, 0.717) is 0 Å². The molecule has 1 nitrogen and oxygen atoms in total. The molecule has 1 aromatic heterocycles. The summed E-state index contributed by atoms with van der Waals surface area (Å²) in [4.78, 5) is 3.39. The third-order valence-corrected chi connectivity index (χ3v) is 2.72. The Morgan fingerprint density at radius 1 is 0.875 bits per heavy atom. The van der Waals surface area contributed by atoms with E-state index in [1.807, 2.05) is 18.2 Å². The van der Waals surface area contributed by atoms with E-state index >= 15 is 0 Å². The smallest absolute Gasteiger partial charge is 0.0462 e. The fraction of sp³-hybridized carbons (Fsp3) is 0.0667. The summed E-state index contributed by atoms with van der Waals surface area (Å²) in [6, 6.07) is 22.1. The molecule has 3 aromatic rings. The minimum absolute atomic E-state index is 0.912. The molecule has 0 fully saturated rings. The van der Waals surface area contributed by atoms with Gasteiger partial charge in [-0.3, -0.25) is 0 Å². The zero-order valence-electron chi connectivity index (χ0n) is 8.90. The number of H-pyrrole nitrogens is 1. The van der Waals surface area contributed by atoms with Crippen molar-refractivity contribution in [2.24, 2.45) is 0 Å². The number of hydrogen-bond acceptors (Lipinski definition) is 0. The second kappa shape index (κ2) is 3.86. The second-order valence-electron chi connectivity index (χ2n) is 3.94. The lowest BCUT2D eigenvalue weighted by Gasteiger charge is -1.97. The van der Waals surface area contributed by atoms with Crippen LogP contribution in [0.4, 0.5) is 0 Å². The Morgan fingerprint density at radius 3 is 2.44 bits per heavy atom. The molecule has 2 aromatic carbocycles. The van der Waals surface area contributed by atoms with Crippen molar-refractivity contribution in [1.82, 2.24) is 4.98 Å². The largest absolute Gasteiger partial charge is 0.358 e. The minimum Gasteiger partial charge on any atom is -0.358 e. The van der Waals surface area contributed by atoms with Crippen molar-refractivity contribution in [3.05, 3.63) is 71.9 Å². The molecule has 1 heteroatoms. The third kappa shape index (κ3) is 1.72. The van der Waals surface area contributed by atoms with Crippen LogP contribution < -0.4 is 0 Å². The van der Waals surface area contributed by atoms with Crippen LogP contribution >= 0.6 is 0 Å². The van der Waals surface area contributed by atoms with Gasteiger partial charge in [-0.05, 0) is 11.6 Å². The van der Waals surface area contributed by atoms with Crippen molar-refractivity contribution in [2.75, 3.05) is 0 Å². The van der Waals surface area contributed by atoms with Gasteiger partial charge in [-0.2, -0.15) is 0 Å². The van der Waals surface area contributed by atoms with Gasteiger partial charge in [0.1, 0.15) is 0 Å². The summed E-state index contributed by atoms with van der Waals surface area (Å²) in [5, 5.41) is 1.16. The first-order chi connectivity index (χ1) is 7.92. The van der Waals surface area contributed by atoms with Crippen LogP contribution in [0, 0.1) is 6.07 Å². The standard InChI is InChI=1S/C15H12N/c1-2-6-12(7-3-1)10-14-11-13-8-4-5-9-15(13)16-14/h1-9,16H,10H2. The maximum absolute atomic E-state index is 3.39. The van der Waals surface area contributed by atoms with E-state index in [2.05, 4.69) is 47.4 Å². The van der Waals surface area contributed by atoms with Gasteiger partial charge in [0.15, 0.2) is 0 Å². The normalized spacial score (nSPS) is 10.8. The van der Waals surface area contributed by atoms with E-state index in [4.69, 9.17) is 0 Å². The lowest BCUT2D eigenvalue weighted by atomic mass is 10.1. The highest BCUT2D eigenvalue weighted by atomic mass is 14.7. The topological polar surface area (TPSA) is 15.8 Å². The SMILES string of the molecule is [c]1c(Cc2ccccc2)[nH]c2ccccc12. The van der Waals surface area contributed by atoms with Crippen molar-refractivity contribution < 1.29 is 0 Å². The van der Waals surface area contributed by atoms with Crippen molar-refractivity contribution >= 4 is 10.9 Å². The van der Waals surface area contributed by atoms with Gasteiger partial charge in [0.05, 0.1) is 0 Å². The molecule has 0 aliphatic carbocycles. The number of benzene rings is 2. The average molecular weight is 206 g/mol. The highest BCUT2D eigenvalue weighted by Crippen LogP contribution is 2.16. The Labute approximate surface area is 94.7 Å². The van der Waals surface area contributed by atoms with Gasteiger partial charge in [-0.25, -0.2) is 0 Å². The Morgan fingerprint density at radius 2 is 1.62 bits per heavy atom. The fourth-order valence-corrected chi connectivity index (χ4v) is 1.95.